The van der Waals surface area contributed by atoms with Crippen LogP contribution in [0.2, 0.25) is 0 Å². The van der Waals surface area contributed by atoms with E-state index in [0.717, 1.165) is 24.0 Å². The van der Waals surface area contributed by atoms with Crippen LogP contribution in [0.4, 0.5) is 0 Å². The van der Waals surface area contributed by atoms with Gasteiger partial charge in [0.1, 0.15) is 17.4 Å². The summed E-state index contributed by atoms with van der Waals surface area (Å²) in [6.07, 6.45) is 4.69. The number of benzene rings is 1. The van der Waals surface area contributed by atoms with Gasteiger partial charge in [0, 0.05) is 24.6 Å². The molecule has 112 valence electrons. The van der Waals surface area contributed by atoms with E-state index >= 15 is 0 Å². The van der Waals surface area contributed by atoms with Crippen LogP contribution in [0.25, 0.3) is 11.1 Å². The van der Waals surface area contributed by atoms with Crippen LogP contribution in [0.5, 0.6) is 5.75 Å². The third-order valence-corrected chi connectivity index (χ3v) is 4.73. The molecule has 1 aliphatic carbocycles. The van der Waals surface area contributed by atoms with Crippen molar-refractivity contribution in [2.45, 2.75) is 31.4 Å². The van der Waals surface area contributed by atoms with Crippen LogP contribution in [-0.4, -0.2) is 27.8 Å². The molecule has 2 aliphatic rings. The van der Waals surface area contributed by atoms with Crippen molar-refractivity contribution in [1.29, 1.82) is 0 Å². The predicted octanol–water partition coefficient (Wildman–Crippen LogP) is 2.02. The van der Waals surface area contributed by atoms with Crippen LogP contribution in [0.15, 0.2) is 41.7 Å². The van der Waals surface area contributed by atoms with E-state index in [4.69, 9.17) is 10.5 Å². The lowest BCUT2D eigenvalue weighted by atomic mass is 9.90. The Kier molecular flexibility index (Phi) is 2.66. The molecular weight excluding hydrogens is 278 g/mol. The molecule has 2 aromatic rings. The lowest BCUT2D eigenvalue weighted by Gasteiger charge is -2.23. The van der Waals surface area contributed by atoms with Gasteiger partial charge in [0.05, 0.1) is 6.20 Å². The predicted molar refractivity (Wildman–Crippen MR) is 83.6 cm³/mol. The van der Waals surface area contributed by atoms with Gasteiger partial charge in [0.25, 0.3) is 6.02 Å². The van der Waals surface area contributed by atoms with Gasteiger partial charge in [-0.3, -0.25) is 4.98 Å². The molecule has 2 atom stereocenters. The maximum Gasteiger partial charge on any atom is 0.282 e. The zero-order chi connectivity index (χ0) is 15.3. The fraction of sp³-hybridized carbons (Fsp3) is 0.294. The lowest BCUT2D eigenvalue weighted by Crippen LogP contribution is -2.36. The van der Waals surface area contributed by atoms with Crippen molar-refractivity contribution in [3.63, 3.8) is 0 Å². The van der Waals surface area contributed by atoms with E-state index in [2.05, 4.69) is 16.0 Å². The average Bonchev–Trinajstić information content (AvgIpc) is 2.99. The quantitative estimate of drug-likeness (QED) is 0.843. The van der Waals surface area contributed by atoms with Gasteiger partial charge in [-0.05, 0) is 29.7 Å². The minimum absolute atomic E-state index is 0.0428. The van der Waals surface area contributed by atoms with E-state index in [1.807, 2.05) is 25.1 Å². The summed E-state index contributed by atoms with van der Waals surface area (Å²) in [5.41, 5.74) is 9.73. The van der Waals surface area contributed by atoms with E-state index in [9.17, 15) is 5.11 Å². The Morgan fingerprint density at radius 2 is 2.14 bits per heavy atom. The van der Waals surface area contributed by atoms with Crippen LogP contribution in [0.1, 0.15) is 18.1 Å². The second kappa shape index (κ2) is 4.47. The molecule has 1 spiro atoms. The molecule has 3 N–H and O–H groups in total. The van der Waals surface area contributed by atoms with Crippen molar-refractivity contribution in [3.8, 4) is 16.9 Å². The number of hydrogen-bond donors (Lipinski definition) is 2. The van der Waals surface area contributed by atoms with Crippen molar-refractivity contribution in [2.75, 3.05) is 0 Å². The third kappa shape index (κ3) is 1.78. The van der Waals surface area contributed by atoms with Gasteiger partial charge in [-0.15, -0.1) is 0 Å². The van der Waals surface area contributed by atoms with E-state index in [1.54, 1.807) is 6.20 Å². The molecule has 4 rings (SSSR count). The second-order valence-electron chi connectivity index (χ2n) is 6.00. The van der Waals surface area contributed by atoms with Crippen LogP contribution in [-0.2, 0) is 17.6 Å². The summed E-state index contributed by atoms with van der Waals surface area (Å²) < 4.78 is 5.57. The van der Waals surface area contributed by atoms with E-state index in [1.165, 1.54) is 17.3 Å². The first-order valence-corrected chi connectivity index (χ1v) is 7.35. The highest BCUT2D eigenvalue weighted by Crippen LogP contribution is 2.44. The highest BCUT2D eigenvalue weighted by molar-refractivity contribution is 5.77. The Morgan fingerprint density at radius 3 is 2.86 bits per heavy atom. The first-order valence-electron chi connectivity index (χ1n) is 7.35. The summed E-state index contributed by atoms with van der Waals surface area (Å²) in [4.78, 5) is 8.52. The monoisotopic (exact) mass is 295 g/mol. The molecule has 1 aliphatic heterocycles. The molecule has 0 fully saturated rings. The highest BCUT2D eigenvalue weighted by Gasteiger charge is 2.48. The summed E-state index contributed by atoms with van der Waals surface area (Å²) >= 11 is 0. The Hall–Kier alpha value is -2.56. The van der Waals surface area contributed by atoms with Crippen molar-refractivity contribution in [3.05, 3.63) is 47.8 Å². The summed E-state index contributed by atoms with van der Waals surface area (Å²) in [6, 6.07) is 8.26. The smallest absolute Gasteiger partial charge is 0.282 e. The summed E-state index contributed by atoms with van der Waals surface area (Å²) in [6.45, 7) is 2.01. The second-order valence-corrected chi connectivity index (χ2v) is 6.00. The first-order chi connectivity index (χ1) is 10.6. The maximum absolute atomic E-state index is 10.1. The zero-order valence-electron chi connectivity index (χ0n) is 12.3. The molecule has 1 aromatic heterocycles. The molecule has 0 bridgehead atoms. The zero-order valence-corrected chi connectivity index (χ0v) is 12.3. The number of hydrogen-bond acceptors (Lipinski definition) is 5. The minimum Gasteiger partial charge on any atom is -0.506 e. The lowest BCUT2D eigenvalue weighted by molar-refractivity contribution is 0.157. The number of fused-ring (bicyclic) bond motifs is 1. The Morgan fingerprint density at radius 1 is 1.27 bits per heavy atom. The molecule has 0 saturated carbocycles. The largest absolute Gasteiger partial charge is 0.506 e. The summed E-state index contributed by atoms with van der Waals surface area (Å²) in [5, 5.41) is 10.1. The molecule has 5 nitrogen and oxygen atoms in total. The minimum atomic E-state index is -0.314. The summed E-state index contributed by atoms with van der Waals surface area (Å²) in [7, 11) is 0. The number of pyridine rings is 1. The number of nitrogens with two attached hydrogens (primary N) is 1. The van der Waals surface area contributed by atoms with Crippen LogP contribution < -0.4 is 5.73 Å². The van der Waals surface area contributed by atoms with Crippen LogP contribution in [0, 0.1) is 0 Å². The normalized spacial score (nSPS) is 25.9. The van der Waals surface area contributed by atoms with Gasteiger partial charge in [-0.25, -0.2) is 4.99 Å². The number of aromatic nitrogens is 1. The van der Waals surface area contributed by atoms with Crippen molar-refractivity contribution in [1.82, 2.24) is 4.98 Å². The standard InChI is InChI=1S/C17H17N3O2/c1-10-17(20-16(18)22-10)7-11-3-2-4-12(14(11)8-17)13-5-6-19-9-15(13)21/h2-6,9-10,21H,7-8H2,1H3,(H2,18,20)/t10-,17-/m1/s1. The maximum atomic E-state index is 10.1. The van der Waals surface area contributed by atoms with Gasteiger partial charge in [0.2, 0.25) is 0 Å². The molecule has 0 unspecified atom stereocenters. The molecule has 5 heteroatoms. The number of aromatic hydroxyl groups is 1. The number of amidine groups is 1. The molecule has 0 amide bonds. The van der Waals surface area contributed by atoms with Crippen LogP contribution in [0.3, 0.4) is 0 Å². The fourth-order valence-electron chi connectivity index (χ4n) is 3.57. The van der Waals surface area contributed by atoms with Gasteiger partial charge in [-0.2, -0.15) is 0 Å². The number of nitrogens with zero attached hydrogens (tertiary/aromatic N) is 2. The van der Waals surface area contributed by atoms with Crippen molar-refractivity contribution >= 4 is 6.02 Å². The van der Waals surface area contributed by atoms with Crippen LogP contribution >= 0.6 is 0 Å². The fourth-order valence-corrected chi connectivity index (χ4v) is 3.57. The average molecular weight is 295 g/mol. The van der Waals surface area contributed by atoms with Crippen molar-refractivity contribution < 1.29 is 9.84 Å². The van der Waals surface area contributed by atoms with E-state index in [-0.39, 0.29) is 23.4 Å². The third-order valence-electron chi connectivity index (χ3n) is 4.73. The van der Waals surface area contributed by atoms with Gasteiger partial charge >= 0.3 is 0 Å². The van der Waals surface area contributed by atoms with Crippen molar-refractivity contribution in [2.24, 2.45) is 10.7 Å². The summed E-state index contributed by atoms with van der Waals surface area (Å²) in [5.74, 6) is 0.190. The van der Waals surface area contributed by atoms with Gasteiger partial charge < -0.3 is 15.6 Å². The Labute approximate surface area is 128 Å². The molecule has 22 heavy (non-hydrogen) atoms. The topological polar surface area (TPSA) is 80.7 Å². The molecule has 2 heterocycles. The number of aliphatic imine (C=N–C) groups is 1. The molecule has 0 radical (unpaired) electrons. The number of rotatable bonds is 1. The van der Waals surface area contributed by atoms with E-state index < -0.39 is 0 Å². The number of ether oxygens (including phenoxy) is 1. The molecular formula is C17H17N3O2. The highest BCUT2D eigenvalue weighted by atomic mass is 16.5. The SMILES string of the molecule is C[C@H]1OC(N)=N[C@@]12Cc1cccc(-c3ccncc3O)c1C2. The first kappa shape index (κ1) is 13.1. The molecule has 0 saturated heterocycles. The molecule has 1 aromatic carbocycles. The van der Waals surface area contributed by atoms with Gasteiger partial charge in [-0.1, -0.05) is 18.2 Å². The van der Waals surface area contributed by atoms with E-state index in [0.29, 0.717) is 0 Å². The van der Waals surface area contributed by atoms with Gasteiger partial charge in [0.15, 0.2) is 0 Å². The Bertz CT molecular complexity index is 787. The Balaban J connectivity index is 1.83.